The van der Waals surface area contributed by atoms with Gasteiger partial charge in [0, 0.05) is 12.8 Å². The summed E-state index contributed by atoms with van der Waals surface area (Å²) in [6.07, 6.45) is 0.258. The lowest BCUT2D eigenvalue weighted by atomic mass is 10.3. The first-order valence-corrected chi connectivity index (χ1v) is 9.56. The lowest BCUT2D eigenvalue weighted by Crippen LogP contribution is -2.34. The van der Waals surface area contributed by atoms with Crippen LogP contribution in [0, 0.1) is 0 Å². The number of carbonyl (C=O) groups is 3. The van der Waals surface area contributed by atoms with Crippen molar-refractivity contribution in [3.63, 3.8) is 0 Å². The third-order valence-corrected chi connectivity index (χ3v) is 3.75. The molecule has 3 atom stereocenters. The summed E-state index contributed by atoms with van der Waals surface area (Å²) >= 11 is 0. The molecule has 0 amide bonds. The van der Waals surface area contributed by atoms with Crippen LogP contribution in [0.25, 0.3) is 0 Å². The fourth-order valence-electron chi connectivity index (χ4n) is 1.49. The normalized spacial score (nSPS) is 15.5. The summed E-state index contributed by atoms with van der Waals surface area (Å²) in [5.41, 5.74) is 5.15. The highest BCUT2D eigenvalue weighted by atomic mass is 31.2. The molecule has 0 aromatic carbocycles. The monoisotopic (exact) mass is 399 g/mol. The highest BCUT2D eigenvalue weighted by Gasteiger charge is 2.27. The Morgan fingerprint density at radius 3 is 2.08 bits per heavy atom. The first-order chi connectivity index (χ1) is 12.1. The Morgan fingerprint density at radius 1 is 1.00 bits per heavy atom. The fraction of sp³-hybridized carbons (Fsp3) is 0.786. The maximum atomic E-state index is 11.7. The van der Waals surface area contributed by atoms with E-state index < -0.39 is 51.1 Å². The number of carboxylic acids is 1. The van der Waals surface area contributed by atoms with Gasteiger partial charge in [-0.3, -0.25) is 23.4 Å². The van der Waals surface area contributed by atoms with Crippen LogP contribution in [0.2, 0.25) is 0 Å². The Morgan fingerprint density at radius 2 is 1.54 bits per heavy atom. The average Bonchev–Trinajstić information content (AvgIpc) is 2.55. The largest absolute Gasteiger partial charge is 0.480 e. The molecule has 152 valence electrons. The highest BCUT2D eigenvalue weighted by Crippen LogP contribution is 2.43. The number of aliphatic carboxylic acids is 1. The maximum Gasteiger partial charge on any atom is 0.472 e. The Bertz CT molecular complexity index is 512. The van der Waals surface area contributed by atoms with E-state index in [1.165, 1.54) is 0 Å². The van der Waals surface area contributed by atoms with Crippen LogP contribution in [0.15, 0.2) is 0 Å². The molecule has 26 heavy (non-hydrogen) atoms. The molecule has 0 spiro atoms. The molecule has 0 saturated carbocycles. The third-order valence-electron chi connectivity index (χ3n) is 2.79. The molecule has 0 aliphatic heterocycles. The molecule has 0 heterocycles. The Balaban J connectivity index is 4.62. The minimum atomic E-state index is -4.63. The number of rotatable bonds is 14. The SMILES string of the molecule is CCCC(=O)OC[C@@H](COP(=O)(O)OC[C@H](N)C(=O)O)OC(=O)CCC. The van der Waals surface area contributed by atoms with Crippen molar-refractivity contribution in [2.24, 2.45) is 5.73 Å². The van der Waals surface area contributed by atoms with Crippen LogP contribution in [0.5, 0.6) is 0 Å². The summed E-state index contributed by atoms with van der Waals surface area (Å²) < 4.78 is 30.8. The van der Waals surface area contributed by atoms with Crippen molar-refractivity contribution in [3.8, 4) is 0 Å². The van der Waals surface area contributed by atoms with E-state index in [1.54, 1.807) is 13.8 Å². The summed E-state index contributed by atoms with van der Waals surface area (Å²) in [7, 11) is -4.63. The van der Waals surface area contributed by atoms with Gasteiger partial charge in [-0.15, -0.1) is 0 Å². The summed E-state index contributed by atoms with van der Waals surface area (Å²) in [5.74, 6) is -2.52. The van der Waals surface area contributed by atoms with Crippen LogP contribution in [0.3, 0.4) is 0 Å². The zero-order valence-corrected chi connectivity index (χ0v) is 15.7. The van der Waals surface area contributed by atoms with E-state index in [2.05, 4.69) is 9.05 Å². The van der Waals surface area contributed by atoms with Crippen LogP contribution in [-0.2, 0) is 37.5 Å². The standard InChI is InChI=1S/C14H26NO10P/c1-3-5-12(16)22-7-10(25-13(17)6-4-2)8-23-26(20,21)24-9-11(15)14(18)19/h10-11H,3-9,15H2,1-2H3,(H,18,19)(H,20,21)/t10-,11-/m0/s1. The van der Waals surface area contributed by atoms with Crippen LogP contribution in [0.4, 0.5) is 0 Å². The molecule has 11 nitrogen and oxygen atoms in total. The van der Waals surface area contributed by atoms with Crippen LogP contribution in [-0.4, -0.2) is 59.9 Å². The molecule has 0 rings (SSSR count). The van der Waals surface area contributed by atoms with Crippen molar-refractivity contribution < 1.29 is 47.5 Å². The zero-order valence-electron chi connectivity index (χ0n) is 14.8. The summed E-state index contributed by atoms with van der Waals surface area (Å²) in [6.45, 7) is 1.84. The number of phosphoric ester groups is 1. The van der Waals surface area contributed by atoms with E-state index in [9.17, 15) is 23.8 Å². The molecule has 4 N–H and O–H groups in total. The number of ether oxygens (including phenoxy) is 2. The molecular formula is C14H26NO10P. The predicted molar refractivity (Wildman–Crippen MR) is 88.0 cm³/mol. The number of carbonyl (C=O) groups excluding carboxylic acids is 2. The van der Waals surface area contributed by atoms with Gasteiger partial charge in [0.2, 0.25) is 0 Å². The molecule has 0 aromatic heterocycles. The Hall–Kier alpha value is -1.52. The van der Waals surface area contributed by atoms with E-state index in [0.717, 1.165) is 0 Å². The second-order valence-corrected chi connectivity index (χ2v) is 6.75. The summed E-state index contributed by atoms with van der Waals surface area (Å²) in [5, 5.41) is 8.59. The summed E-state index contributed by atoms with van der Waals surface area (Å²) in [4.78, 5) is 43.0. The smallest absolute Gasteiger partial charge is 0.472 e. The predicted octanol–water partition coefficient (Wildman–Crippen LogP) is 0.587. The number of nitrogens with two attached hydrogens (primary N) is 1. The number of carboxylic acid groups (broad SMARTS) is 1. The minimum absolute atomic E-state index is 0.111. The van der Waals surface area contributed by atoms with Gasteiger partial charge in [0.25, 0.3) is 0 Å². The van der Waals surface area contributed by atoms with Crippen molar-refractivity contribution in [3.05, 3.63) is 0 Å². The van der Waals surface area contributed by atoms with E-state index in [-0.39, 0.29) is 19.4 Å². The van der Waals surface area contributed by atoms with Crippen LogP contribution >= 0.6 is 7.82 Å². The molecule has 0 aliphatic rings. The van der Waals surface area contributed by atoms with Crippen LogP contribution < -0.4 is 5.73 Å². The number of hydrogen-bond donors (Lipinski definition) is 3. The minimum Gasteiger partial charge on any atom is -0.480 e. The first-order valence-electron chi connectivity index (χ1n) is 8.06. The maximum absolute atomic E-state index is 11.7. The second kappa shape index (κ2) is 12.8. The highest BCUT2D eigenvalue weighted by molar-refractivity contribution is 7.47. The lowest BCUT2D eigenvalue weighted by molar-refractivity contribution is -0.161. The third kappa shape index (κ3) is 11.9. The lowest BCUT2D eigenvalue weighted by Gasteiger charge is -2.20. The zero-order chi connectivity index (χ0) is 20.2. The molecule has 12 heteroatoms. The molecule has 0 fully saturated rings. The van der Waals surface area contributed by atoms with E-state index in [0.29, 0.717) is 12.8 Å². The molecule has 0 aromatic rings. The van der Waals surface area contributed by atoms with Crippen molar-refractivity contribution in [1.82, 2.24) is 0 Å². The summed E-state index contributed by atoms with van der Waals surface area (Å²) in [6, 6.07) is -1.51. The van der Waals surface area contributed by atoms with Gasteiger partial charge in [0.05, 0.1) is 13.2 Å². The van der Waals surface area contributed by atoms with E-state index in [1.807, 2.05) is 0 Å². The van der Waals surface area contributed by atoms with Gasteiger partial charge in [-0.25, -0.2) is 4.57 Å². The van der Waals surface area contributed by atoms with Gasteiger partial charge in [0.1, 0.15) is 12.6 Å². The van der Waals surface area contributed by atoms with E-state index >= 15 is 0 Å². The van der Waals surface area contributed by atoms with Crippen molar-refractivity contribution in [1.29, 1.82) is 0 Å². The topological polar surface area (TPSA) is 172 Å². The molecule has 0 radical (unpaired) electrons. The first kappa shape index (κ1) is 24.5. The Labute approximate surface area is 151 Å². The molecular weight excluding hydrogens is 373 g/mol. The Kier molecular flexibility index (Phi) is 12.0. The number of hydrogen-bond acceptors (Lipinski definition) is 9. The number of phosphoric acid groups is 1. The quantitative estimate of drug-likeness (QED) is 0.276. The van der Waals surface area contributed by atoms with Crippen molar-refractivity contribution in [2.45, 2.75) is 51.7 Å². The van der Waals surface area contributed by atoms with Gasteiger partial charge in [-0.2, -0.15) is 0 Å². The van der Waals surface area contributed by atoms with Crippen molar-refractivity contribution >= 4 is 25.7 Å². The second-order valence-electron chi connectivity index (χ2n) is 5.30. The molecule has 0 bridgehead atoms. The average molecular weight is 399 g/mol. The molecule has 0 saturated heterocycles. The van der Waals surface area contributed by atoms with Crippen LogP contribution in [0.1, 0.15) is 39.5 Å². The fourth-order valence-corrected chi connectivity index (χ4v) is 2.27. The molecule has 1 unspecified atom stereocenters. The van der Waals surface area contributed by atoms with Crippen molar-refractivity contribution in [2.75, 3.05) is 19.8 Å². The van der Waals surface area contributed by atoms with E-state index in [4.69, 9.17) is 20.3 Å². The van der Waals surface area contributed by atoms with Gasteiger partial charge in [-0.1, -0.05) is 13.8 Å². The number of esters is 2. The van der Waals surface area contributed by atoms with Gasteiger partial charge in [0.15, 0.2) is 6.10 Å². The van der Waals surface area contributed by atoms with Gasteiger partial charge < -0.3 is 25.2 Å². The molecule has 0 aliphatic carbocycles. The van der Waals surface area contributed by atoms with Gasteiger partial charge >= 0.3 is 25.7 Å². The van der Waals surface area contributed by atoms with Gasteiger partial charge in [-0.05, 0) is 12.8 Å².